The molecule has 0 fully saturated rings. The predicted molar refractivity (Wildman–Crippen MR) is 402 cm³/mol. The number of rotatable bonds is 18. The Morgan fingerprint density at radius 1 is 0.229 bits per heavy atom. The van der Waals surface area contributed by atoms with Crippen molar-refractivity contribution in [2.75, 3.05) is 16.0 Å². The second kappa shape index (κ2) is 80.0. The molecule has 0 amide bonds. The molecule has 0 aliphatic rings. The molecule has 0 N–H and O–H groups in total. The van der Waals surface area contributed by atoms with Gasteiger partial charge < -0.3 is 32.5 Å². The zero-order chi connectivity index (χ0) is 69.5. The maximum atomic E-state index is 7.13. The molecule has 3 radical (unpaired) electrons. The maximum Gasteiger partial charge on any atom is 3.00 e. The molecule has 9 aromatic heterocycles. The van der Waals surface area contributed by atoms with Gasteiger partial charge in [-0.15, -0.1) is 69.6 Å². The second-order valence-corrected chi connectivity index (χ2v) is 19.7. The van der Waals surface area contributed by atoms with Gasteiger partial charge in [0, 0.05) is 115 Å². The van der Waals surface area contributed by atoms with Crippen molar-refractivity contribution in [2.45, 2.75) is 58.9 Å². The topological polar surface area (TPSA) is 260 Å². The number of isothiocyanates is 6. The van der Waals surface area contributed by atoms with Crippen LogP contribution in [0.25, 0.3) is 32.5 Å². The monoisotopic (exact) mass is 1640 g/mol. The first-order valence-electron chi connectivity index (χ1n) is 26.1. The molecule has 33 heteroatoms. The molecule has 0 aliphatic carbocycles. The average Bonchev–Trinajstić information content (AvgIpc) is 1.05. The molecular formula is C63H60Cl6Fe3N18S6+3. The minimum absolute atomic E-state index is 0. The zero-order valence-electron chi connectivity index (χ0n) is 50.6. The van der Waals surface area contributed by atoms with E-state index in [4.69, 9.17) is 102 Å². The summed E-state index contributed by atoms with van der Waals surface area (Å²) in [6, 6.07) is 54.0. The molecular weight excluding hydrogens is 1580 g/mol. The molecule has 96 heavy (non-hydrogen) atoms. The molecule has 0 atom stereocenters. The summed E-state index contributed by atoms with van der Waals surface area (Å²) in [5, 5.41) is 51.4. The molecule has 9 rings (SSSR count). The minimum atomic E-state index is 0. The van der Waals surface area contributed by atoms with E-state index in [-0.39, 0.29) is 67.2 Å². The molecule has 501 valence electrons. The van der Waals surface area contributed by atoms with Crippen LogP contribution in [-0.2, 0) is 110 Å². The van der Waals surface area contributed by atoms with Crippen molar-refractivity contribution in [2.24, 2.45) is 0 Å². The molecule has 0 saturated heterocycles. The summed E-state index contributed by atoms with van der Waals surface area (Å²) >= 11 is 50.8. The summed E-state index contributed by atoms with van der Waals surface area (Å²) < 4.78 is 0. The van der Waals surface area contributed by atoms with Crippen LogP contribution in [0.4, 0.5) is 0 Å². The van der Waals surface area contributed by atoms with Gasteiger partial charge in [0.05, 0.1) is 67.3 Å². The molecule has 9 heterocycles. The van der Waals surface area contributed by atoms with Gasteiger partial charge >= 0.3 is 51.2 Å². The number of hydrogen-bond donors (Lipinski definition) is 0. The van der Waals surface area contributed by atoms with Crippen molar-refractivity contribution < 1.29 is 51.2 Å². The van der Waals surface area contributed by atoms with Gasteiger partial charge in [0.1, 0.15) is 0 Å². The van der Waals surface area contributed by atoms with Crippen LogP contribution in [0.3, 0.4) is 0 Å². The van der Waals surface area contributed by atoms with E-state index in [0.29, 0.717) is 0 Å². The van der Waals surface area contributed by atoms with Crippen molar-refractivity contribution in [3.63, 3.8) is 0 Å². The Morgan fingerprint density at radius 3 is 0.375 bits per heavy atom. The molecule has 0 saturated carbocycles. The van der Waals surface area contributed by atoms with Crippen LogP contribution in [0.1, 0.15) is 51.2 Å². The number of hydrogen-bond acceptors (Lipinski definition) is 18. The van der Waals surface area contributed by atoms with E-state index in [1.165, 1.54) is 31.0 Å². The summed E-state index contributed by atoms with van der Waals surface area (Å²) in [7, 11) is 0. The van der Waals surface area contributed by atoms with Gasteiger partial charge in [-0.3, -0.25) is 59.6 Å². The second-order valence-electron chi connectivity index (χ2n) is 16.2. The van der Waals surface area contributed by atoms with Crippen molar-refractivity contribution in [1.29, 1.82) is 0 Å². The first-order valence-corrected chi connectivity index (χ1v) is 31.8. The third-order valence-electron chi connectivity index (χ3n) is 10.0. The van der Waals surface area contributed by atoms with Gasteiger partial charge in [-0.05, 0) is 109 Å². The summed E-state index contributed by atoms with van der Waals surface area (Å²) in [4.78, 5) is 46.7. The molecule has 9 aromatic rings. The third kappa shape index (κ3) is 64.3. The van der Waals surface area contributed by atoms with Crippen LogP contribution in [0.5, 0.6) is 0 Å². The first-order chi connectivity index (χ1) is 45.4. The summed E-state index contributed by atoms with van der Waals surface area (Å²) in [5.74, 6) is 0. The SMILES string of the molecule is ClCCl.ClCCl.ClCCl.[Fe+3].[Fe+3].[Fe+3].[N-]=C=S.[N-]=C=S.[N-]=C=S.[N-]=C=S.[N-]=C=S.[N-]=C=S.c1ccc(CN(Cc2ccccn2)Cc2ccccn2)nc1.c1ccc(CN(Cc2ccccn2)Cc2ccccn2)nc1.c1ccc(CN(Cc2ccccn2)Cc2ccccn2)nc1. The van der Waals surface area contributed by atoms with Gasteiger partial charge in [0.15, 0.2) is 0 Å². The number of nitrogens with zero attached hydrogens (tertiary/aromatic N) is 18. The number of thiocarbonyl (C=S) groups is 6. The van der Waals surface area contributed by atoms with Gasteiger partial charge in [-0.1, -0.05) is 128 Å². The van der Waals surface area contributed by atoms with E-state index in [2.05, 4.69) is 133 Å². The Balaban J connectivity index is -0.000000262. The number of alkyl halides is 6. The Morgan fingerprint density at radius 2 is 0.312 bits per heavy atom. The number of pyridine rings is 9. The predicted octanol–water partition coefficient (Wildman–Crippen LogP) is 17.4. The quantitative estimate of drug-likeness (QED) is 0.0334. The minimum Gasteiger partial charge on any atom is -0.753 e. The normalized spacial score (nSPS) is 8.47. The molecule has 0 unspecified atom stereocenters. The van der Waals surface area contributed by atoms with E-state index < -0.39 is 0 Å². The van der Waals surface area contributed by atoms with Crippen LogP contribution in [0.2, 0.25) is 0 Å². The van der Waals surface area contributed by atoms with Crippen LogP contribution in [-0.4, -0.2) is 107 Å². The average molecular weight is 1640 g/mol. The van der Waals surface area contributed by atoms with Crippen LogP contribution in [0.15, 0.2) is 220 Å². The van der Waals surface area contributed by atoms with Gasteiger partial charge in [0.25, 0.3) is 0 Å². The Kier molecular flexibility index (Phi) is 84.5. The Labute approximate surface area is 656 Å². The number of aromatic nitrogens is 9. The van der Waals surface area contributed by atoms with E-state index in [0.717, 1.165) is 110 Å². The van der Waals surface area contributed by atoms with Crippen LogP contribution < -0.4 is 0 Å². The molecule has 18 nitrogen and oxygen atoms in total. The molecule has 0 bridgehead atoms. The summed E-state index contributed by atoms with van der Waals surface area (Å²) in [5.41, 5.74) is 9.45. The smallest absolute Gasteiger partial charge is 0.753 e. The summed E-state index contributed by atoms with van der Waals surface area (Å²) in [6.07, 6.45) is 16.5. The zero-order valence-corrected chi connectivity index (χ0v) is 63.3. The molecule has 0 aromatic carbocycles. The fourth-order valence-electron chi connectivity index (χ4n) is 6.99. The largest absolute Gasteiger partial charge is 3.00 e. The fraction of sp³-hybridized carbons (Fsp3) is 0.190. The Hall–Kier alpha value is -5.67. The first kappa shape index (κ1) is 101. The van der Waals surface area contributed by atoms with Gasteiger partial charge in [-0.2, -0.15) is 31.0 Å². The molecule has 0 spiro atoms. The maximum absolute atomic E-state index is 7.13. The van der Waals surface area contributed by atoms with Gasteiger partial charge in [-0.25, -0.2) is 0 Å². The van der Waals surface area contributed by atoms with E-state index in [1.807, 2.05) is 220 Å². The molecule has 0 aliphatic heterocycles. The standard InChI is InChI=1S/3C18H18N4.3CH2Cl2.6CNS.3Fe/c3*1-4-10-19-16(7-1)13-22(14-17-8-2-5-11-20-17)15-18-9-3-6-12-21-18;9*2-1-3;;;/h3*1-12H,13-15H2;3*1H2;;;;;;;;;/q;;;;;;6*-1;3*+3. The van der Waals surface area contributed by atoms with Crippen molar-refractivity contribution in [3.05, 3.63) is 303 Å². The Bertz CT molecular complexity index is 2670. The number of halogens is 6. The van der Waals surface area contributed by atoms with Crippen molar-refractivity contribution in [3.8, 4) is 0 Å². The fourth-order valence-corrected chi connectivity index (χ4v) is 6.99. The van der Waals surface area contributed by atoms with E-state index in [1.54, 1.807) is 0 Å². The van der Waals surface area contributed by atoms with Crippen LogP contribution in [0, 0.1) is 0 Å². The van der Waals surface area contributed by atoms with Gasteiger partial charge in [0.2, 0.25) is 0 Å². The van der Waals surface area contributed by atoms with Crippen LogP contribution >= 0.6 is 143 Å². The van der Waals surface area contributed by atoms with E-state index in [9.17, 15) is 0 Å². The van der Waals surface area contributed by atoms with Crippen molar-refractivity contribution in [1.82, 2.24) is 59.6 Å². The third-order valence-corrected chi connectivity index (χ3v) is 10.0. The summed E-state index contributed by atoms with van der Waals surface area (Å²) in [6.45, 7) is 6.95. The van der Waals surface area contributed by atoms with E-state index >= 15 is 0 Å². The van der Waals surface area contributed by atoms with Crippen molar-refractivity contribution >= 4 is 174 Å².